The Morgan fingerprint density at radius 3 is 2.47 bits per heavy atom. The highest BCUT2D eigenvalue weighted by molar-refractivity contribution is 5.78. The number of unbranched alkanes of at least 4 members (excludes halogenated alkanes) is 5. The first kappa shape index (κ1) is 16.5. The van der Waals surface area contributed by atoms with Gasteiger partial charge in [0.05, 0.1) is 12.0 Å². The highest BCUT2D eigenvalue weighted by Crippen LogP contribution is 2.35. The number of hydrogen-bond donors (Lipinski definition) is 1. The Morgan fingerprint density at radius 1 is 1.21 bits per heavy atom. The van der Waals surface area contributed by atoms with Crippen LogP contribution >= 0.6 is 0 Å². The number of hydrogen-bond acceptors (Lipinski definition) is 3. The SMILES string of the molecule is CCCCCCCCOC(=O)C1(C(C)C)CCNC1. The molecule has 1 rings (SSSR count). The summed E-state index contributed by atoms with van der Waals surface area (Å²) in [6.07, 6.45) is 8.28. The van der Waals surface area contributed by atoms with Gasteiger partial charge in [-0.1, -0.05) is 52.9 Å². The molecule has 0 aromatic heterocycles. The second-order valence-electron chi connectivity index (χ2n) is 6.14. The van der Waals surface area contributed by atoms with E-state index in [2.05, 4.69) is 26.1 Å². The van der Waals surface area contributed by atoms with Gasteiger partial charge in [0.15, 0.2) is 0 Å². The minimum Gasteiger partial charge on any atom is -0.465 e. The summed E-state index contributed by atoms with van der Waals surface area (Å²) in [5.74, 6) is 0.362. The lowest BCUT2D eigenvalue weighted by Gasteiger charge is -2.29. The van der Waals surface area contributed by atoms with E-state index in [9.17, 15) is 4.79 Å². The highest BCUT2D eigenvalue weighted by Gasteiger charge is 2.45. The number of esters is 1. The molecule has 1 unspecified atom stereocenters. The average molecular weight is 269 g/mol. The second-order valence-corrected chi connectivity index (χ2v) is 6.14. The Kier molecular flexibility index (Phi) is 7.44. The monoisotopic (exact) mass is 269 g/mol. The van der Waals surface area contributed by atoms with E-state index in [4.69, 9.17) is 4.74 Å². The van der Waals surface area contributed by atoms with Crippen LogP contribution in [0.3, 0.4) is 0 Å². The highest BCUT2D eigenvalue weighted by atomic mass is 16.5. The topological polar surface area (TPSA) is 38.3 Å². The lowest BCUT2D eigenvalue weighted by molar-refractivity contribution is -0.157. The molecule has 1 aliphatic heterocycles. The van der Waals surface area contributed by atoms with Crippen molar-refractivity contribution in [3.05, 3.63) is 0 Å². The van der Waals surface area contributed by atoms with Crippen LogP contribution in [0.25, 0.3) is 0 Å². The van der Waals surface area contributed by atoms with Gasteiger partial charge in [-0.3, -0.25) is 4.79 Å². The molecule has 1 fully saturated rings. The summed E-state index contributed by atoms with van der Waals surface area (Å²) < 4.78 is 5.52. The Labute approximate surface area is 118 Å². The molecule has 1 heterocycles. The zero-order valence-electron chi connectivity index (χ0n) is 13.0. The van der Waals surface area contributed by atoms with Crippen molar-refractivity contribution in [2.45, 2.75) is 65.7 Å². The molecule has 1 aliphatic rings. The maximum Gasteiger partial charge on any atom is 0.313 e. The quantitative estimate of drug-likeness (QED) is 0.514. The van der Waals surface area contributed by atoms with Crippen LogP contribution in [-0.4, -0.2) is 25.7 Å². The van der Waals surface area contributed by atoms with E-state index in [0.29, 0.717) is 12.5 Å². The van der Waals surface area contributed by atoms with Gasteiger partial charge in [-0.2, -0.15) is 0 Å². The van der Waals surface area contributed by atoms with Crippen LogP contribution in [0.5, 0.6) is 0 Å². The minimum atomic E-state index is -0.276. The Morgan fingerprint density at radius 2 is 1.89 bits per heavy atom. The molecule has 19 heavy (non-hydrogen) atoms. The fourth-order valence-corrected chi connectivity index (χ4v) is 2.80. The second kappa shape index (κ2) is 8.57. The molecular formula is C16H31NO2. The lowest BCUT2D eigenvalue weighted by atomic mass is 9.76. The van der Waals surface area contributed by atoms with Crippen LogP contribution in [0.2, 0.25) is 0 Å². The molecule has 0 aromatic carbocycles. The van der Waals surface area contributed by atoms with Crippen molar-refractivity contribution in [2.24, 2.45) is 11.3 Å². The van der Waals surface area contributed by atoms with Crippen molar-refractivity contribution < 1.29 is 9.53 Å². The van der Waals surface area contributed by atoms with E-state index in [1.807, 2.05) is 0 Å². The molecular weight excluding hydrogens is 238 g/mol. The zero-order valence-corrected chi connectivity index (χ0v) is 13.0. The van der Waals surface area contributed by atoms with Crippen molar-refractivity contribution in [3.63, 3.8) is 0 Å². The van der Waals surface area contributed by atoms with Crippen LogP contribution in [0.15, 0.2) is 0 Å². The zero-order chi connectivity index (χ0) is 14.1. The average Bonchev–Trinajstić information content (AvgIpc) is 2.88. The van der Waals surface area contributed by atoms with Crippen molar-refractivity contribution >= 4 is 5.97 Å². The van der Waals surface area contributed by atoms with E-state index in [1.54, 1.807) is 0 Å². The molecule has 0 radical (unpaired) electrons. The number of carbonyl (C=O) groups is 1. The molecule has 0 saturated carbocycles. The summed E-state index contributed by atoms with van der Waals surface area (Å²) in [5.41, 5.74) is -0.276. The third-order valence-electron chi connectivity index (χ3n) is 4.43. The van der Waals surface area contributed by atoms with E-state index in [0.717, 1.165) is 25.9 Å². The van der Waals surface area contributed by atoms with Crippen molar-refractivity contribution in [1.82, 2.24) is 5.32 Å². The lowest BCUT2D eigenvalue weighted by Crippen LogP contribution is -2.40. The molecule has 1 saturated heterocycles. The molecule has 0 bridgehead atoms. The third kappa shape index (κ3) is 4.79. The fraction of sp³-hybridized carbons (Fsp3) is 0.938. The maximum atomic E-state index is 12.3. The molecule has 0 spiro atoms. The summed E-state index contributed by atoms with van der Waals surface area (Å²) in [5, 5.41) is 3.30. The minimum absolute atomic E-state index is 0.0149. The third-order valence-corrected chi connectivity index (χ3v) is 4.43. The maximum absolute atomic E-state index is 12.3. The molecule has 0 aromatic rings. The normalized spacial score (nSPS) is 22.9. The van der Waals surface area contributed by atoms with Gasteiger partial charge in [-0.15, -0.1) is 0 Å². The van der Waals surface area contributed by atoms with Gasteiger partial charge in [-0.25, -0.2) is 0 Å². The van der Waals surface area contributed by atoms with Gasteiger partial charge in [0.1, 0.15) is 0 Å². The summed E-state index contributed by atoms with van der Waals surface area (Å²) >= 11 is 0. The summed E-state index contributed by atoms with van der Waals surface area (Å²) in [4.78, 5) is 12.3. The van der Waals surface area contributed by atoms with Crippen LogP contribution in [0.1, 0.15) is 65.7 Å². The van der Waals surface area contributed by atoms with E-state index >= 15 is 0 Å². The molecule has 0 aliphatic carbocycles. The molecule has 0 amide bonds. The van der Waals surface area contributed by atoms with Gasteiger partial charge >= 0.3 is 5.97 Å². The van der Waals surface area contributed by atoms with Crippen molar-refractivity contribution in [1.29, 1.82) is 0 Å². The molecule has 3 nitrogen and oxygen atoms in total. The van der Waals surface area contributed by atoms with E-state index in [1.165, 1.54) is 32.1 Å². The Balaban J connectivity index is 2.19. The van der Waals surface area contributed by atoms with E-state index < -0.39 is 0 Å². The largest absolute Gasteiger partial charge is 0.465 e. The standard InChI is InChI=1S/C16H31NO2/c1-4-5-6-7-8-9-12-19-15(18)16(14(2)3)10-11-17-13-16/h14,17H,4-13H2,1-3H3. The van der Waals surface area contributed by atoms with Crippen LogP contribution in [0, 0.1) is 11.3 Å². The molecule has 1 N–H and O–H groups in total. The summed E-state index contributed by atoms with van der Waals surface area (Å²) in [6, 6.07) is 0. The van der Waals surface area contributed by atoms with Gasteiger partial charge in [0.2, 0.25) is 0 Å². The van der Waals surface area contributed by atoms with Gasteiger partial charge < -0.3 is 10.1 Å². The van der Waals surface area contributed by atoms with Crippen molar-refractivity contribution in [3.8, 4) is 0 Å². The fourth-order valence-electron chi connectivity index (χ4n) is 2.80. The summed E-state index contributed by atoms with van der Waals surface area (Å²) in [6.45, 7) is 8.78. The number of carbonyl (C=O) groups excluding carboxylic acids is 1. The molecule has 1 atom stereocenters. The van der Waals surface area contributed by atoms with Crippen LogP contribution in [-0.2, 0) is 9.53 Å². The summed E-state index contributed by atoms with van der Waals surface area (Å²) in [7, 11) is 0. The Hall–Kier alpha value is -0.570. The number of rotatable bonds is 9. The number of ether oxygens (including phenoxy) is 1. The smallest absolute Gasteiger partial charge is 0.313 e. The molecule has 3 heteroatoms. The Bertz CT molecular complexity index is 257. The predicted octanol–water partition coefficient (Wildman–Crippen LogP) is 3.53. The van der Waals surface area contributed by atoms with Crippen molar-refractivity contribution in [2.75, 3.05) is 19.7 Å². The first-order chi connectivity index (χ1) is 9.13. The van der Waals surface area contributed by atoms with Crippen LogP contribution < -0.4 is 5.32 Å². The number of nitrogens with one attached hydrogen (secondary N) is 1. The van der Waals surface area contributed by atoms with Gasteiger partial charge in [-0.05, 0) is 25.3 Å². The first-order valence-electron chi connectivity index (χ1n) is 8.01. The van der Waals surface area contributed by atoms with Gasteiger partial charge in [0, 0.05) is 6.54 Å². The van der Waals surface area contributed by atoms with Crippen LogP contribution in [0.4, 0.5) is 0 Å². The van der Waals surface area contributed by atoms with E-state index in [-0.39, 0.29) is 11.4 Å². The van der Waals surface area contributed by atoms with Gasteiger partial charge in [0.25, 0.3) is 0 Å². The predicted molar refractivity (Wildman–Crippen MR) is 79.1 cm³/mol. The first-order valence-corrected chi connectivity index (χ1v) is 8.01. The molecule has 112 valence electrons.